The van der Waals surface area contributed by atoms with Crippen LogP contribution in [0.5, 0.6) is 0 Å². The molecule has 1 aromatic heterocycles. The molecule has 0 spiro atoms. The van der Waals surface area contributed by atoms with Crippen LogP contribution in [-0.2, 0) is 12.8 Å². The smallest absolute Gasteiger partial charge is 0.154 e. The molecule has 0 saturated heterocycles. The zero-order chi connectivity index (χ0) is 9.26. The number of aliphatic hydroxyl groups is 2. The fourth-order valence-electron chi connectivity index (χ4n) is 1.84. The predicted octanol–water partition coefficient (Wildman–Crippen LogP) is 0.245. The first-order valence-corrected chi connectivity index (χ1v) is 4.66. The van der Waals surface area contributed by atoms with E-state index in [1.165, 1.54) is 6.42 Å². The maximum absolute atomic E-state index is 9.45. The van der Waals surface area contributed by atoms with Crippen molar-refractivity contribution in [2.75, 3.05) is 6.61 Å². The van der Waals surface area contributed by atoms with Gasteiger partial charge in [-0.15, -0.1) is 0 Å². The second-order valence-corrected chi connectivity index (χ2v) is 3.42. The Kier molecular flexibility index (Phi) is 2.33. The Balaban J connectivity index is 2.31. The third-order valence-electron chi connectivity index (χ3n) is 2.54. The van der Waals surface area contributed by atoms with E-state index in [4.69, 9.17) is 5.11 Å². The molecular formula is C9H14N2O2. The summed E-state index contributed by atoms with van der Waals surface area (Å²) >= 11 is 0. The average Bonchev–Trinajstić information content (AvgIpc) is 2.60. The van der Waals surface area contributed by atoms with Crippen LogP contribution in [0.25, 0.3) is 0 Å². The molecule has 0 saturated carbocycles. The highest BCUT2D eigenvalue weighted by Gasteiger charge is 2.18. The number of aliphatic hydroxyl groups excluding tert-OH is 2. The summed E-state index contributed by atoms with van der Waals surface area (Å²) in [6, 6.07) is 0. The minimum Gasteiger partial charge on any atom is -0.392 e. The van der Waals surface area contributed by atoms with Gasteiger partial charge in [0, 0.05) is 5.69 Å². The van der Waals surface area contributed by atoms with Crippen LogP contribution in [0.3, 0.4) is 0 Å². The standard InChI is InChI=1S/C9H14N2O2/c12-5-9(13)11-6-10-7-3-1-2-4-8(7)11/h6,9,12-13H,1-5H2. The van der Waals surface area contributed by atoms with Crippen LogP contribution in [0.2, 0.25) is 0 Å². The Hall–Kier alpha value is -0.870. The summed E-state index contributed by atoms with van der Waals surface area (Å²) in [4.78, 5) is 4.22. The lowest BCUT2D eigenvalue weighted by atomic mass is 10.0. The molecule has 2 N–H and O–H groups in total. The number of hydrogen-bond acceptors (Lipinski definition) is 3. The van der Waals surface area contributed by atoms with E-state index in [2.05, 4.69) is 4.98 Å². The molecule has 1 aliphatic rings. The maximum Gasteiger partial charge on any atom is 0.154 e. The molecule has 2 rings (SSSR count). The molecule has 0 amide bonds. The predicted molar refractivity (Wildman–Crippen MR) is 47.2 cm³/mol. The third kappa shape index (κ3) is 1.47. The molecule has 4 heteroatoms. The fourth-order valence-corrected chi connectivity index (χ4v) is 1.84. The summed E-state index contributed by atoms with van der Waals surface area (Å²) < 4.78 is 1.68. The van der Waals surface area contributed by atoms with E-state index >= 15 is 0 Å². The van der Waals surface area contributed by atoms with Crippen LogP contribution in [0.4, 0.5) is 0 Å². The molecule has 4 nitrogen and oxygen atoms in total. The van der Waals surface area contributed by atoms with E-state index in [-0.39, 0.29) is 6.61 Å². The monoisotopic (exact) mass is 182 g/mol. The number of nitrogens with zero attached hydrogens (tertiary/aromatic N) is 2. The maximum atomic E-state index is 9.45. The van der Waals surface area contributed by atoms with Crippen molar-refractivity contribution in [2.45, 2.75) is 31.9 Å². The minimum atomic E-state index is -0.825. The van der Waals surface area contributed by atoms with Gasteiger partial charge in [0.2, 0.25) is 0 Å². The highest BCUT2D eigenvalue weighted by atomic mass is 16.3. The van der Waals surface area contributed by atoms with E-state index in [0.717, 1.165) is 30.7 Å². The van der Waals surface area contributed by atoms with Crippen molar-refractivity contribution in [3.8, 4) is 0 Å². The number of imidazole rings is 1. The van der Waals surface area contributed by atoms with Crippen LogP contribution in [0.1, 0.15) is 30.5 Å². The van der Waals surface area contributed by atoms with Gasteiger partial charge in [-0.1, -0.05) is 0 Å². The highest BCUT2D eigenvalue weighted by Crippen LogP contribution is 2.21. The van der Waals surface area contributed by atoms with Crippen LogP contribution in [-0.4, -0.2) is 26.4 Å². The number of fused-ring (bicyclic) bond motifs is 1. The Bertz CT molecular complexity index is 296. The molecule has 0 bridgehead atoms. The van der Waals surface area contributed by atoms with Gasteiger partial charge in [0.05, 0.1) is 18.6 Å². The van der Waals surface area contributed by atoms with Gasteiger partial charge in [0.1, 0.15) is 0 Å². The minimum absolute atomic E-state index is 0.247. The Morgan fingerprint density at radius 1 is 1.46 bits per heavy atom. The van der Waals surface area contributed by atoms with Gasteiger partial charge in [-0.05, 0) is 25.7 Å². The molecule has 1 aromatic rings. The summed E-state index contributed by atoms with van der Waals surface area (Å²) in [6.07, 6.45) is 5.09. The quantitative estimate of drug-likeness (QED) is 0.689. The highest BCUT2D eigenvalue weighted by molar-refractivity contribution is 5.16. The van der Waals surface area contributed by atoms with Crippen molar-refractivity contribution < 1.29 is 10.2 Å². The van der Waals surface area contributed by atoms with Gasteiger partial charge in [0.25, 0.3) is 0 Å². The molecule has 1 atom stereocenters. The van der Waals surface area contributed by atoms with E-state index in [1.54, 1.807) is 10.9 Å². The average molecular weight is 182 g/mol. The van der Waals surface area contributed by atoms with Crippen molar-refractivity contribution in [3.05, 3.63) is 17.7 Å². The first-order chi connectivity index (χ1) is 6.33. The molecule has 0 aliphatic heterocycles. The second kappa shape index (κ2) is 3.47. The van der Waals surface area contributed by atoms with Crippen molar-refractivity contribution in [1.82, 2.24) is 9.55 Å². The van der Waals surface area contributed by atoms with E-state index in [9.17, 15) is 5.11 Å². The summed E-state index contributed by atoms with van der Waals surface area (Å²) in [6.45, 7) is -0.247. The second-order valence-electron chi connectivity index (χ2n) is 3.42. The first kappa shape index (κ1) is 8.72. The van der Waals surface area contributed by atoms with Crippen LogP contribution >= 0.6 is 0 Å². The molecule has 13 heavy (non-hydrogen) atoms. The van der Waals surface area contributed by atoms with Gasteiger partial charge < -0.3 is 14.8 Å². The Morgan fingerprint density at radius 3 is 3.00 bits per heavy atom. The Morgan fingerprint density at radius 2 is 2.23 bits per heavy atom. The van der Waals surface area contributed by atoms with Gasteiger partial charge >= 0.3 is 0 Å². The van der Waals surface area contributed by atoms with Gasteiger partial charge in [-0.3, -0.25) is 0 Å². The van der Waals surface area contributed by atoms with Crippen molar-refractivity contribution in [3.63, 3.8) is 0 Å². The molecule has 72 valence electrons. The van der Waals surface area contributed by atoms with Crippen LogP contribution in [0.15, 0.2) is 6.33 Å². The molecule has 1 unspecified atom stereocenters. The SMILES string of the molecule is OCC(O)n1cnc2c1CCCC2. The molecule has 0 radical (unpaired) electrons. The van der Waals surface area contributed by atoms with Crippen LogP contribution < -0.4 is 0 Å². The summed E-state index contributed by atoms with van der Waals surface area (Å²) in [5.41, 5.74) is 2.17. The number of aromatic nitrogens is 2. The molecule has 0 fully saturated rings. The number of hydrogen-bond donors (Lipinski definition) is 2. The lowest BCUT2D eigenvalue weighted by Gasteiger charge is -2.16. The molecule has 1 aliphatic carbocycles. The zero-order valence-corrected chi connectivity index (χ0v) is 7.48. The van der Waals surface area contributed by atoms with Crippen LogP contribution in [0, 0.1) is 0 Å². The van der Waals surface area contributed by atoms with Crippen molar-refractivity contribution in [1.29, 1.82) is 0 Å². The van der Waals surface area contributed by atoms with E-state index in [1.807, 2.05) is 0 Å². The van der Waals surface area contributed by atoms with Gasteiger partial charge in [0.15, 0.2) is 6.23 Å². The summed E-state index contributed by atoms with van der Waals surface area (Å²) in [7, 11) is 0. The zero-order valence-electron chi connectivity index (χ0n) is 7.48. The van der Waals surface area contributed by atoms with E-state index < -0.39 is 6.23 Å². The molecular weight excluding hydrogens is 168 g/mol. The lowest BCUT2D eigenvalue weighted by molar-refractivity contribution is 0.0368. The number of rotatable bonds is 2. The molecule has 1 heterocycles. The topological polar surface area (TPSA) is 58.3 Å². The van der Waals surface area contributed by atoms with Gasteiger partial charge in [-0.2, -0.15) is 0 Å². The summed E-state index contributed by atoms with van der Waals surface area (Å²) in [5.74, 6) is 0. The van der Waals surface area contributed by atoms with Crippen molar-refractivity contribution >= 4 is 0 Å². The number of aryl methyl sites for hydroxylation is 1. The van der Waals surface area contributed by atoms with E-state index in [0.29, 0.717) is 0 Å². The fraction of sp³-hybridized carbons (Fsp3) is 0.667. The Labute approximate surface area is 76.8 Å². The summed E-state index contributed by atoms with van der Waals surface area (Å²) in [5, 5.41) is 18.3. The largest absolute Gasteiger partial charge is 0.392 e. The lowest BCUT2D eigenvalue weighted by Crippen LogP contribution is -2.16. The molecule has 0 aromatic carbocycles. The third-order valence-corrected chi connectivity index (χ3v) is 2.54. The normalized spacial score (nSPS) is 18.3. The van der Waals surface area contributed by atoms with Gasteiger partial charge in [-0.25, -0.2) is 4.98 Å². The first-order valence-electron chi connectivity index (χ1n) is 4.66. The van der Waals surface area contributed by atoms with Crippen molar-refractivity contribution in [2.24, 2.45) is 0 Å².